The summed E-state index contributed by atoms with van der Waals surface area (Å²) in [6, 6.07) is 9.49. The van der Waals surface area contributed by atoms with Crippen molar-refractivity contribution in [2.75, 3.05) is 6.54 Å². The molecular formula is C14H20N2O3. The molecule has 0 fully saturated rings. The van der Waals surface area contributed by atoms with Gasteiger partial charge in [0.2, 0.25) is 0 Å². The molecule has 0 aromatic heterocycles. The van der Waals surface area contributed by atoms with Gasteiger partial charge in [-0.2, -0.15) is 0 Å². The Kier molecular flexibility index (Phi) is 6.43. The van der Waals surface area contributed by atoms with Gasteiger partial charge in [-0.05, 0) is 25.3 Å². The van der Waals surface area contributed by atoms with Gasteiger partial charge in [0.05, 0.1) is 0 Å². The monoisotopic (exact) mass is 264 g/mol. The molecule has 19 heavy (non-hydrogen) atoms. The van der Waals surface area contributed by atoms with Crippen molar-refractivity contribution < 1.29 is 14.7 Å². The first-order valence-corrected chi connectivity index (χ1v) is 6.38. The molecule has 104 valence electrons. The zero-order valence-electron chi connectivity index (χ0n) is 11.1. The van der Waals surface area contributed by atoms with Crippen LogP contribution in [0.5, 0.6) is 0 Å². The first-order valence-electron chi connectivity index (χ1n) is 6.38. The molecule has 3 N–H and O–H groups in total. The maximum atomic E-state index is 11.5. The second kappa shape index (κ2) is 8.13. The molecule has 0 aliphatic rings. The molecule has 2 amide bonds. The predicted octanol–water partition coefficient (Wildman–Crippen LogP) is 1.78. The number of carbonyl (C=O) groups excluding carboxylic acids is 1. The van der Waals surface area contributed by atoms with E-state index in [2.05, 4.69) is 10.6 Å². The molecule has 0 saturated heterocycles. The molecule has 1 aromatic carbocycles. The average molecular weight is 264 g/mol. The lowest BCUT2D eigenvalue weighted by Crippen LogP contribution is -2.41. The second-order valence-electron chi connectivity index (χ2n) is 4.47. The van der Waals surface area contributed by atoms with Crippen LogP contribution in [-0.2, 0) is 11.2 Å². The molecule has 5 nitrogen and oxygen atoms in total. The van der Waals surface area contributed by atoms with Crippen LogP contribution in [0.15, 0.2) is 30.3 Å². The van der Waals surface area contributed by atoms with E-state index in [1.165, 1.54) is 5.56 Å². The van der Waals surface area contributed by atoms with E-state index < -0.39 is 5.97 Å². The van der Waals surface area contributed by atoms with Crippen LogP contribution in [0.3, 0.4) is 0 Å². The molecule has 0 radical (unpaired) electrons. The molecule has 0 heterocycles. The zero-order chi connectivity index (χ0) is 14.1. The van der Waals surface area contributed by atoms with E-state index in [1.807, 2.05) is 30.3 Å². The number of hydrogen-bond donors (Lipinski definition) is 3. The molecule has 0 aliphatic heterocycles. The molecule has 1 aromatic rings. The first-order chi connectivity index (χ1) is 9.08. The first kappa shape index (κ1) is 15.0. The van der Waals surface area contributed by atoms with Crippen molar-refractivity contribution in [3.05, 3.63) is 35.9 Å². The largest absolute Gasteiger partial charge is 0.481 e. The van der Waals surface area contributed by atoms with Gasteiger partial charge in [0, 0.05) is 19.0 Å². The minimum absolute atomic E-state index is 0.0610. The lowest BCUT2D eigenvalue weighted by Gasteiger charge is -2.13. The molecule has 0 saturated carbocycles. The highest BCUT2D eigenvalue weighted by molar-refractivity contribution is 5.74. The van der Waals surface area contributed by atoms with Crippen molar-refractivity contribution in [1.29, 1.82) is 0 Å². The fraction of sp³-hybridized carbons (Fsp3) is 0.429. The van der Waals surface area contributed by atoms with Crippen LogP contribution < -0.4 is 10.6 Å². The number of aliphatic carboxylic acids is 1. The Labute approximate surface area is 113 Å². The Bertz CT molecular complexity index is 406. The normalized spacial score (nSPS) is 11.6. The molecule has 1 unspecified atom stereocenters. The number of amides is 2. The Morgan fingerprint density at radius 1 is 1.26 bits per heavy atom. The van der Waals surface area contributed by atoms with E-state index in [0.29, 0.717) is 13.0 Å². The van der Waals surface area contributed by atoms with E-state index in [-0.39, 0.29) is 18.5 Å². The van der Waals surface area contributed by atoms with Gasteiger partial charge in [0.1, 0.15) is 0 Å². The summed E-state index contributed by atoms with van der Waals surface area (Å²) in [6.07, 6.45) is 1.27. The van der Waals surface area contributed by atoms with E-state index in [4.69, 9.17) is 5.11 Å². The summed E-state index contributed by atoms with van der Waals surface area (Å²) in [5, 5.41) is 14.0. The van der Waals surface area contributed by atoms with Crippen molar-refractivity contribution in [3.63, 3.8) is 0 Å². The van der Waals surface area contributed by atoms with E-state index in [0.717, 1.165) is 6.42 Å². The Morgan fingerprint density at radius 2 is 1.95 bits per heavy atom. The van der Waals surface area contributed by atoms with Gasteiger partial charge in [-0.15, -0.1) is 0 Å². The average Bonchev–Trinajstić information content (AvgIpc) is 2.37. The highest BCUT2D eigenvalue weighted by atomic mass is 16.4. The van der Waals surface area contributed by atoms with Crippen molar-refractivity contribution in [2.45, 2.75) is 32.2 Å². The Hall–Kier alpha value is -2.04. The molecule has 0 spiro atoms. The van der Waals surface area contributed by atoms with Crippen LogP contribution in [0.25, 0.3) is 0 Å². The fourth-order valence-corrected chi connectivity index (χ4v) is 1.65. The fourth-order valence-electron chi connectivity index (χ4n) is 1.65. The second-order valence-corrected chi connectivity index (χ2v) is 4.47. The topological polar surface area (TPSA) is 78.4 Å². The number of carboxylic acid groups (broad SMARTS) is 1. The van der Waals surface area contributed by atoms with Gasteiger partial charge in [0.15, 0.2) is 0 Å². The third kappa shape index (κ3) is 7.08. The van der Waals surface area contributed by atoms with Crippen LogP contribution in [0.1, 0.15) is 25.3 Å². The molecule has 1 rings (SSSR count). The summed E-state index contributed by atoms with van der Waals surface area (Å²) in [4.78, 5) is 21.9. The molecule has 5 heteroatoms. The standard InChI is InChI=1S/C14H20N2O3/c1-11(7-8-13(17)18)16-14(19)15-10-9-12-5-3-2-4-6-12/h2-6,11H,7-10H2,1H3,(H,17,18)(H2,15,16,19). The lowest BCUT2D eigenvalue weighted by molar-refractivity contribution is -0.137. The van der Waals surface area contributed by atoms with Crippen LogP contribution in [0.2, 0.25) is 0 Å². The summed E-state index contributed by atoms with van der Waals surface area (Å²) in [6.45, 7) is 2.35. The van der Waals surface area contributed by atoms with Crippen molar-refractivity contribution in [1.82, 2.24) is 10.6 Å². The van der Waals surface area contributed by atoms with Gasteiger partial charge in [-0.3, -0.25) is 4.79 Å². The van der Waals surface area contributed by atoms with Gasteiger partial charge in [0.25, 0.3) is 0 Å². The number of carboxylic acids is 1. The zero-order valence-corrected chi connectivity index (χ0v) is 11.1. The number of hydrogen-bond acceptors (Lipinski definition) is 2. The van der Waals surface area contributed by atoms with Gasteiger partial charge < -0.3 is 15.7 Å². The molecular weight excluding hydrogens is 244 g/mol. The van der Waals surface area contributed by atoms with Crippen LogP contribution in [0, 0.1) is 0 Å². The molecule has 0 bridgehead atoms. The summed E-state index contributed by atoms with van der Waals surface area (Å²) in [5.41, 5.74) is 1.17. The highest BCUT2D eigenvalue weighted by Crippen LogP contribution is 1.98. The molecule has 0 aliphatic carbocycles. The quantitative estimate of drug-likeness (QED) is 0.702. The van der Waals surface area contributed by atoms with E-state index in [1.54, 1.807) is 6.92 Å². The predicted molar refractivity (Wildman–Crippen MR) is 73.0 cm³/mol. The smallest absolute Gasteiger partial charge is 0.315 e. The lowest BCUT2D eigenvalue weighted by atomic mass is 10.1. The van der Waals surface area contributed by atoms with Crippen molar-refractivity contribution in [2.24, 2.45) is 0 Å². The Balaban J connectivity index is 2.15. The number of nitrogens with one attached hydrogen (secondary N) is 2. The summed E-state index contributed by atoms with van der Waals surface area (Å²) < 4.78 is 0. The van der Waals surface area contributed by atoms with Gasteiger partial charge in [-0.25, -0.2) is 4.79 Å². The third-order valence-electron chi connectivity index (χ3n) is 2.71. The maximum absolute atomic E-state index is 11.5. The summed E-state index contributed by atoms with van der Waals surface area (Å²) in [7, 11) is 0. The highest BCUT2D eigenvalue weighted by Gasteiger charge is 2.08. The van der Waals surface area contributed by atoms with Gasteiger partial charge in [-0.1, -0.05) is 30.3 Å². The summed E-state index contributed by atoms with van der Waals surface area (Å²) >= 11 is 0. The third-order valence-corrected chi connectivity index (χ3v) is 2.71. The number of carbonyl (C=O) groups is 2. The van der Waals surface area contributed by atoms with Crippen molar-refractivity contribution in [3.8, 4) is 0 Å². The Morgan fingerprint density at radius 3 is 2.58 bits per heavy atom. The molecule has 1 atom stereocenters. The number of rotatable bonds is 7. The number of urea groups is 1. The van der Waals surface area contributed by atoms with Crippen LogP contribution in [0.4, 0.5) is 4.79 Å². The minimum atomic E-state index is -0.849. The van der Waals surface area contributed by atoms with Crippen LogP contribution in [-0.4, -0.2) is 29.7 Å². The minimum Gasteiger partial charge on any atom is -0.481 e. The van der Waals surface area contributed by atoms with E-state index in [9.17, 15) is 9.59 Å². The van der Waals surface area contributed by atoms with E-state index >= 15 is 0 Å². The maximum Gasteiger partial charge on any atom is 0.315 e. The van der Waals surface area contributed by atoms with Crippen LogP contribution >= 0.6 is 0 Å². The number of benzene rings is 1. The SMILES string of the molecule is CC(CCC(=O)O)NC(=O)NCCc1ccccc1. The van der Waals surface area contributed by atoms with Gasteiger partial charge >= 0.3 is 12.0 Å². The van der Waals surface area contributed by atoms with Crippen molar-refractivity contribution >= 4 is 12.0 Å². The summed E-state index contributed by atoms with van der Waals surface area (Å²) in [5.74, 6) is -0.849.